The maximum absolute atomic E-state index is 2.37. The molecule has 29 heavy (non-hydrogen) atoms. The molecule has 0 saturated heterocycles. The number of hydrogen-bond donors (Lipinski definition) is 0. The van der Waals surface area contributed by atoms with Crippen molar-refractivity contribution in [1.82, 2.24) is 0 Å². The Morgan fingerprint density at radius 1 is 0.552 bits per heavy atom. The van der Waals surface area contributed by atoms with Gasteiger partial charge in [0.25, 0.3) is 0 Å². The van der Waals surface area contributed by atoms with E-state index in [1.54, 1.807) is 0 Å². The van der Waals surface area contributed by atoms with E-state index in [0.29, 0.717) is 5.92 Å². The summed E-state index contributed by atoms with van der Waals surface area (Å²) in [6.07, 6.45) is 1.11. The smallest absolute Gasteiger partial charge is 0.0135 e. The summed E-state index contributed by atoms with van der Waals surface area (Å²) in [4.78, 5) is 0. The van der Waals surface area contributed by atoms with Crippen LogP contribution < -0.4 is 10.6 Å². The molecule has 0 bridgehead atoms. The van der Waals surface area contributed by atoms with Crippen LogP contribution in [-0.2, 0) is 0 Å². The van der Waals surface area contributed by atoms with Crippen LogP contribution in [-0.4, -0.2) is 6.16 Å². The second-order valence-corrected chi connectivity index (χ2v) is 9.92. The fraction of sp³-hybridized carbons (Fsp3) is 0.143. The third-order valence-electron chi connectivity index (χ3n) is 5.35. The molecule has 0 saturated carbocycles. The molecule has 1 atom stereocenters. The molecule has 4 aromatic carbocycles. The van der Waals surface area contributed by atoms with E-state index in [-0.39, 0.29) is 0 Å². The molecule has 0 N–H and O–H groups in total. The molecule has 0 aliphatic heterocycles. The first-order valence-corrected chi connectivity index (χ1v) is 11.7. The highest BCUT2D eigenvalue weighted by Gasteiger charge is 2.22. The van der Waals surface area contributed by atoms with Crippen molar-refractivity contribution in [3.63, 3.8) is 0 Å². The van der Waals surface area contributed by atoms with Crippen LogP contribution in [0.3, 0.4) is 0 Å². The van der Waals surface area contributed by atoms with E-state index >= 15 is 0 Å². The predicted octanol–water partition coefficient (Wildman–Crippen LogP) is 6.57. The Bertz CT molecular complexity index is 980. The van der Waals surface area contributed by atoms with Crippen LogP contribution in [0.15, 0.2) is 109 Å². The molecule has 0 fully saturated rings. The van der Waals surface area contributed by atoms with Crippen molar-refractivity contribution in [2.75, 3.05) is 6.16 Å². The zero-order valence-electron chi connectivity index (χ0n) is 17.1. The molecule has 0 radical (unpaired) electrons. The highest BCUT2D eigenvalue weighted by Crippen LogP contribution is 2.41. The monoisotopic (exact) mass is 394 g/mol. The summed E-state index contributed by atoms with van der Waals surface area (Å²) in [6, 6.07) is 40.1. The van der Waals surface area contributed by atoms with E-state index in [2.05, 4.69) is 123 Å². The molecule has 144 valence electrons. The van der Waals surface area contributed by atoms with Crippen molar-refractivity contribution in [2.24, 2.45) is 0 Å². The zero-order valence-corrected chi connectivity index (χ0v) is 18.0. The predicted molar refractivity (Wildman–Crippen MR) is 128 cm³/mol. The van der Waals surface area contributed by atoms with E-state index < -0.39 is 7.92 Å². The minimum absolute atomic E-state index is 0.376. The average Bonchev–Trinajstić information content (AvgIpc) is 2.75. The minimum Gasteiger partial charge on any atom is -0.0622 e. The summed E-state index contributed by atoms with van der Waals surface area (Å²) in [7, 11) is -0.457. The summed E-state index contributed by atoms with van der Waals surface area (Å²) >= 11 is 0. The number of benzene rings is 4. The van der Waals surface area contributed by atoms with Gasteiger partial charge in [-0.15, -0.1) is 0 Å². The summed E-state index contributed by atoms with van der Waals surface area (Å²) in [5, 5.41) is 2.89. The molecule has 0 aliphatic carbocycles. The molecule has 4 rings (SSSR count). The maximum atomic E-state index is 2.37. The van der Waals surface area contributed by atoms with Gasteiger partial charge in [-0.05, 0) is 49.7 Å². The second-order valence-electron chi connectivity index (χ2n) is 7.67. The SMILES string of the molecule is Cc1cc(C)cc(C(CP(c2ccccc2)c2ccccc2)c2ccccc2)c1. The first-order valence-electron chi connectivity index (χ1n) is 10.2. The molecule has 0 nitrogen and oxygen atoms in total. The van der Waals surface area contributed by atoms with Crippen molar-refractivity contribution in [2.45, 2.75) is 19.8 Å². The Morgan fingerprint density at radius 2 is 1.00 bits per heavy atom. The van der Waals surface area contributed by atoms with Gasteiger partial charge in [0.1, 0.15) is 0 Å². The molecule has 1 unspecified atom stereocenters. The van der Waals surface area contributed by atoms with Crippen molar-refractivity contribution in [3.8, 4) is 0 Å². The van der Waals surface area contributed by atoms with Crippen LogP contribution >= 0.6 is 7.92 Å². The van der Waals surface area contributed by atoms with Gasteiger partial charge in [-0.3, -0.25) is 0 Å². The fourth-order valence-electron chi connectivity index (χ4n) is 4.06. The van der Waals surface area contributed by atoms with E-state index in [0.717, 1.165) is 6.16 Å². The van der Waals surface area contributed by atoms with Gasteiger partial charge in [0.05, 0.1) is 0 Å². The third-order valence-corrected chi connectivity index (χ3v) is 7.92. The average molecular weight is 394 g/mol. The van der Waals surface area contributed by atoms with E-state index in [1.165, 1.54) is 32.9 Å². The first kappa shape index (κ1) is 19.6. The lowest BCUT2D eigenvalue weighted by molar-refractivity contribution is 0.928. The summed E-state index contributed by atoms with van der Waals surface area (Å²) in [5.74, 6) is 0.376. The Morgan fingerprint density at radius 3 is 1.48 bits per heavy atom. The highest BCUT2D eigenvalue weighted by molar-refractivity contribution is 7.73. The van der Waals surface area contributed by atoms with Crippen LogP contribution in [0.25, 0.3) is 0 Å². The molecule has 0 spiro atoms. The molecule has 0 aliphatic rings. The lowest BCUT2D eigenvalue weighted by Crippen LogP contribution is -2.18. The fourth-order valence-corrected chi connectivity index (χ4v) is 6.63. The van der Waals surface area contributed by atoms with Crippen molar-refractivity contribution in [1.29, 1.82) is 0 Å². The Labute approximate surface area is 176 Å². The van der Waals surface area contributed by atoms with Crippen LogP contribution in [0.1, 0.15) is 28.2 Å². The van der Waals surface area contributed by atoms with E-state index in [9.17, 15) is 0 Å². The van der Waals surface area contributed by atoms with E-state index in [1.807, 2.05) is 0 Å². The van der Waals surface area contributed by atoms with Crippen LogP contribution in [0.2, 0.25) is 0 Å². The van der Waals surface area contributed by atoms with Gasteiger partial charge >= 0.3 is 0 Å². The van der Waals surface area contributed by atoms with Crippen molar-refractivity contribution in [3.05, 3.63) is 131 Å². The topological polar surface area (TPSA) is 0 Å². The van der Waals surface area contributed by atoms with Gasteiger partial charge in [-0.25, -0.2) is 0 Å². The lowest BCUT2D eigenvalue weighted by Gasteiger charge is -2.26. The molecular weight excluding hydrogens is 367 g/mol. The van der Waals surface area contributed by atoms with Gasteiger partial charge in [-0.1, -0.05) is 120 Å². The molecular formula is C28H27P. The van der Waals surface area contributed by atoms with Crippen LogP contribution in [0.4, 0.5) is 0 Å². The van der Waals surface area contributed by atoms with Crippen molar-refractivity contribution < 1.29 is 0 Å². The molecule has 0 heterocycles. The first-order chi connectivity index (χ1) is 14.2. The number of rotatable bonds is 6. The Balaban J connectivity index is 1.81. The quantitative estimate of drug-likeness (QED) is 0.325. The minimum atomic E-state index is -0.457. The summed E-state index contributed by atoms with van der Waals surface area (Å²) < 4.78 is 0. The van der Waals surface area contributed by atoms with Gasteiger partial charge in [0.15, 0.2) is 0 Å². The maximum Gasteiger partial charge on any atom is 0.0135 e. The highest BCUT2D eigenvalue weighted by atomic mass is 31.1. The normalized spacial score (nSPS) is 12.1. The third kappa shape index (κ3) is 4.84. The molecule has 0 amide bonds. The van der Waals surface area contributed by atoms with Gasteiger partial charge < -0.3 is 0 Å². The Kier molecular flexibility index (Phi) is 6.23. The van der Waals surface area contributed by atoms with Crippen LogP contribution in [0.5, 0.6) is 0 Å². The van der Waals surface area contributed by atoms with Crippen molar-refractivity contribution >= 4 is 18.5 Å². The molecule has 1 heteroatoms. The lowest BCUT2D eigenvalue weighted by atomic mass is 9.91. The van der Waals surface area contributed by atoms with Gasteiger partial charge in [-0.2, -0.15) is 0 Å². The van der Waals surface area contributed by atoms with Crippen LogP contribution in [0, 0.1) is 13.8 Å². The van der Waals surface area contributed by atoms with Gasteiger partial charge in [0, 0.05) is 5.92 Å². The zero-order chi connectivity index (χ0) is 20.1. The number of hydrogen-bond acceptors (Lipinski definition) is 0. The standard InChI is InChI=1S/C28H27P/c1-22-18-23(2)20-25(19-22)28(24-12-6-3-7-13-24)21-29(26-14-8-4-9-15-26)27-16-10-5-11-17-27/h3-20,28H,21H2,1-2H3. The second kappa shape index (κ2) is 9.21. The summed E-state index contributed by atoms with van der Waals surface area (Å²) in [6.45, 7) is 4.41. The van der Waals surface area contributed by atoms with Gasteiger partial charge in [0.2, 0.25) is 0 Å². The van der Waals surface area contributed by atoms with E-state index in [4.69, 9.17) is 0 Å². The summed E-state index contributed by atoms with van der Waals surface area (Å²) in [5.41, 5.74) is 5.50. The largest absolute Gasteiger partial charge is 0.0622 e. The number of aryl methyl sites for hydroxylation is 2. The Hall–Kier alpha value is -2.69. The molecule has 4 aromatic rings. The molecule has 0 aromatic heterocycles.